The number of esters is 2. The van der Waals surface area contributed by atoms with Gasteiger partial charge in [0.05, 0.1) is 23.3 Å². The Morgan fingerprint density at radius 2 is 1.16 bits per heavy atom. The molecule has 0 saturated carbocycles. The molecule has 4 unspecified atom stereocenters. The molecule has 174 valence electrons. The van der Waals surface area contributed by atoms with Gasteiger partial charge in [0.2, 0.25) is 0 Å². The Morgan fingerprint density at radius 3 is 1.47 bits per heavy atom. The summed E-state index contributed by atoms with van der Waals surface area (Å²) in [7, 11) is 0. The van der Waals surface area contributed by atoms with E-state index in [1.165, 1.54) is 36.4 Å². The number of ketones is 2. The van der Waals surface area contributed by atoms with Crippen LogP contribution in [0.4, 0.5) is 0 Å². The molecule has 0 fully saturated rings. The van der Waals surface area contributed by atoms with Crippen LogP contribution < -0.4 is 0 Å². The van der Waals surface area contributed by atoms with Crippen molar-refractivity contribution in [3.05, 3.63) is 60.7 Å². The van der Waals surface area contributed by atoms with Gasteiger partial charge in [-0.15, -0.1) is 0 Å². The van der Waals surface area contributed by atoms with Crippen LogP contribution in [0.1, 0.15) is 47.4 Å². The first-order chi connectivity index (χ1) is 15.1. The second kappa shape index (κ2) is 13.3. The van der Waals surface area contributed by atoms with Crippen LogP contribution in [0.25, 0.3) is 0 Å². The van der Waals surface area contributed by atoms with E-state index in [0.29, 0.717) is 0 Å². The predicted molar refractivity (Wildman–Crippen MR) is 117 cm³/mol. The van der Waals surface area contributed by atoms with E-state index in [1.54, 1.807) is 13.8 Å². The molecule has 0 spiro atoms. The number of carbonyl (C=O) groups excluding carboxylic acids is 4. The quantitative estimate of drug-likeness (QED) is 0.329. The summed E-state index contributed by atoms with van der Waals surface area (Å²) in [5, 5.41) is 20.0. The van der Waals surface area contributed by atoms with Crippen LogP contribution in [-0.2, 0) is 19.1 Å². The molecule has 0 aliphatic rings. The zero-order valence-electron chi connectivity index (χ0n) is 18.4. The van der Waals surface area contributed by atoms with Crippen molar-refractivity contribution in [2.24, 2.45) is 11.8 Å². The topological polar surface area (TPSA) is 127 Å². The van der Waals surface area contributed by atoms with E-state index in [0.717, 1.165) is 0 Å². The minimum Gasteiger partial charge on any atom is -0.459 e. The van der Waals surface area contributed by atoms with E-state index >= 15 is 0 Å². The lowest BCUT2D eigenvalue weighted by Crippen LogP contribution is -2.25. The Kier molecular flexibility index (Phi) is 11.2. The van der Waals surface area contributed by atoms with E-state index in [-0.39, 0.29) is 48.7 Å². The molecule has 1 aromatic carbocycles. The second-order valence-electron chi connectivity index (χ2n) is 7.54. The monoisotopic (exact) mass is 446 g/mol. The van der Waals surface area contributed by atoms with Crippen molar-refractivity contribution in [3.63, 3.8) is 0 Å². The van der Waals surface area contributed by atoms with Gasteiger partial charge in [0, 0.05) is 11.8 Å². The first-order valence-corrected chi connectivity index (χ1v) is 10.2. The minimum absolute atomic E-state index is 0.0652. The van der Waals surface area contributed by atoms with Crippen LogP contribution >= 0.6 is 0 Å². The van der Waals surface area contributed by atoms with Crippen molar-refractivity contribution < 1.29 is 38.9 Å². The van der Waals surface area contributed by atoms with Crippen LogP contribution in [0.2, 0.25) is 0 Å². The predicted octanol–water partition coefficient (Wildman–Crippen LogP) is 2.28. The molecule has 0 heterocycles. The molecule has 8 heteroatoms. The largest absolute Gasteiger partial charge is 0.459 e. The van der Waals surface area contributed by atoms with Crippen molar-refractivity contribution in [3.8, 4) is 0 Å². The normalized spacial score (nSPS) is 14.4. The first kappa shape index (κ1) is 26.9. The summed E-state index contributed by atoms with van der Waals surface area (Å²) in [5.74, 6) is -3.09. The first-order valence-electron chi connectivity index (χ1n) is 10.2. The van der Waals surface area contributed by atoms with Crippen LogP contribution in [0.3, 0.4) is 0 Å². The molecule has 8 nitrogen and oxygen atoms in total. The summed E-state index contributed by atoms with van der Waals surface area (Å²) in [6.45, 7) is 9.31. The van der Waals surface area contributed by atoms with Crippen LogP contribution in [0.5, 0.6) is 0 Å². The number of carbonyl (C=O) groups is 4. The summed E-state index contributed by atoms with van der Waals surface area (Å²) < 4.78 is 10.2. The second-order valence-corrected chi connectivity index (χ2v) is 7.54. The third-order valence-electron chi connectivity index (χ3n) is 4.81. The van der Waals surface area contributed by atoms with Gasteiger partial charge in [0.25, 0.3) is 0 Å². The molecule has 0 aromatic heterocycles. The number of aliphatic hydroxyl groups is 2. The maximum absolute atomic E-state index is 12.4. The molecular formula is C24H30O8. The summed E-state index contributed by atoms with van der Waals surface area (Å²) in [5.41, 5.74) is -0.130. The van der Waals surface area contributed by atoms with Gasteiger partial charge in [-0.05, 0) is 37.1 Å². The van der Waals surface area contributed by atoms with E-state index in [1.807, 2.05) is 0 Å². The van der Waals surface area contributed by atoms with Crippen molar-refractivity contribution in [1.82, 2.24) is 0 Å². The lowest BCUT2D eigenvalue weighted by atomic mass is 9.99. The molecule has 0 bridgehead atoms. The number of ether oxygens (including phenoxy) is 2. The molecule has 0 aliphatic carbocycles. The number of hydrogen-bond donors (Lipinski definition) is 2. The number of benzene rings is 1. The van der Waals surface area contributed by atoms with Gasteiger partial charge in [-0.1, -0.05) is 39.1 Å². The standard InChI is InChI=1S/C24H30O8/c1-5-21(27)15(3)11-17(25)13-31-23(29)19-9-7-8-10-20(19)24(30)32-14-18(26)12-16(4)22(28)6-2/h5-10,15-18,25-26H,1-2,11-14H2,3-4H3. The number of rotatable bonds is 14. The molecule has 0 saturated heterocycles. The van der Waals surface area contributed by atoms with Gasteiger partial charge >= 0.3 is 11.9 Å². The van der Waals surface area contributed by atoms with Gasteiger partial charge < -0.3 is 19.7 Å². The highest BCUT2D eigenvalue weighted by atomic mass is 16.5. The number of hydrogen-bond acceptors (Lipinski definition) is 8. The maximum Gasteiger partial charge on any atom is 0.339 e. The van der Waals surface area contributed by atoms with Gasteiger partial charge in [-0.3, -0.25) is 9.59 Å². The Bertz CT molecular complexity index is 775. The molecular weight excluding hydrogens is 416 g/mol. The molecule has 1 aromatic rings. The molecule has 1 rings (SSSR count). The van der Waals surface area contributed by atoms with Gasteiger partial charge in [-0.2, -0.15) is 0 Å². The highest BCUT2D eigenvalue weighted by molar-refractivity contribution is 6.03. The average Bonchev–Trinajstić information content (AvgIpc) is 2.79. The maximum atomic E-state index is 12.4. The fourth-order valence-corrected chi connectivity index (χ4v) is 2.93. The van der Waals surface area contributed by atoms with Crippen LogP contribution in [-0.4, -0.2) is 59.1 Å². The Labute approximate surface area is 187 Å². The van der Waals surface area contributed by atoms with Crippen molar-refractivity contribution in [2.75, 3.05) is 13.2 Å². The zero-order valence-corrected chi connectivity index (χ0v) is 18.4. The van der Waals surface area contributed by atoms with E-state index in [9.17, 15) is 29.4 Å². The molecule has 0 radical (unpaired) electrons. The van der Waals surface area contributed by atoms with Crippen LogP contribution in [0.15, 0.2) is 49.6 Å². The highest BCUT2D eigenvalue weighted by Crippen LogP contribution is 2.15. The van der Waals surface area contributed by atoms with Crippen molar-refractivity contribution in [1.29, 1.82) is 0 Å². The summed E-state index contributed by atoms with van der Waals surface area (Å²) in [6, 6.07) is 5.81. The lowest BCUT2D eigenvalue weighted by Gasteiger charge is -2.16. The fourth-order valence-electron chi connectivity index (χ4n) is 2.93. The molecule has 0 aliphatic heterocycles. The lowest BCUT2D eigenvalue weighted by molar-refractivity contribution is -0.119. The SMILES string of the molecule is C=CC(=O)C(C)CC(O)COC(=O)c1ccccc1C(=O)OCC(O)CC(C)C(=O)C=C. The third kappa shape index (κ3) is 8.56. The zero-order chi connectivity index (χ0) is 24.3. The number of aliphatic hydroxyl groups excluding tert-OH is 2. The van der Waals surface area contributed by atoms with Gasteiger partial charge in [0.1, 0.15) is 13.2 Å². The van der Waals surface area contributed by atoms with Crippen molar-refractivity contribution >= 4 is 23.5 Å². The van der Waals surface area contributed by atoms with E-state index < -0.39 is 36.0 Å². The fraction of sp³-hybridized carbons (Fsp3) is 0.417. The van der Waals surface area contributed by atoms with E-state index in [2.05, 4.69) is 13.2 Å². The number of allylic oxidation sites excluding steroid dienone is 2. The highest BCUT2D eigenvalue weighted by Gasteiger charge is 2.23. The minimum atomic E-state index is -1.06. The summed E-state index contributed by atoms with van der Waals surface area (Å²) >= 11 is 0. The Hall–Kier alpha value is -3.10. The van der Waals surface area contributed by atoms with Crippen molar-refractivity contribution in [2.45, 2.75) is 38.9 Å². The van der Waals surface area contributed by atoms with Crippen LogP contribution in [0, 0.1) is 11.8 Å². The molecule has 2 N–H and O–H groups in total. The van der Waals surface area contributed by atoms with Gasteiger partial charge in [-0.25, -0.2) is 9.59 Å². The van der Waals surface area contributed by atoms with Gasteiger partial charge in [0.15, 0.2) is 11.6 Å². The summed E-state index contributed by atoms with van der Waals surface area (Å²) in [4.78, 5) is 47.9. The summed E-state index contributed by atoms with van der Waals surface area (Å²) in [6.07, 6.45) is 0.388. The Morgan fingerprint density at radius 1 is 0.812 bits per heavy atom. The Balaban J connectivity index is 2.68. The molecule has 32 heavy (non-hydrogen) atoms. The average molecular weight is 446 g/mol. The van der Waals surface area contributed by atoms with E-state index in [4.69, 9.17) is 9.47 Å². The molecule has 4 atom stereocenters. The molecule has 0 amide bonds. The third-order valence-corrected chi connectivity index (χ3v) is 4.81. The smallest absolute Gasteiger partial charge is 0.339 e.